The zero-order valence-electron chi connectivity index (χ0n) is 26.3. The van der Waals surface area contributed by atoms with Crippen molar-refractivity contribution < 1.29 is 4.58 Å². The van der Waals surface area contributed by atoms with Crippen molar-refractivity contribution in [3.8, 4) is 0 Å². The van der Waals surface area contributed by atoms with E-state index in [0.717, 1.165) is 17.9 Å². The van der Waals surface area contributed by atoms with Gasteiger partial charge in [0, 0.05) is 52.5 Å². The highest BCUT2D eigenvalue weighted by Gasteiger charge is 2.44. The molecule has 0 fully saturated rings. The molecule has 1 aliphatic carbocycles. The number of likely N-dealkylation sites (N-methyl/N-ethyl adjacent to an activating group) is 1. The number of anilines is 1. The van der Waals surface area contributed by atoms with Crippen LogP contribution in [0.1, 0.15) is 64.5 Å². The first-order valence-corrected chi connectivity index (χ1v) is 16.2. The lowest BCUT2D eigenvalue weighted by Crippen LogP contribution is -2.27. The smallest absolute Gasteiger partial charge is 0.210 e. The number of hydrogen-bond acceptors (Lipinski definition) is 1. The number of rotatable bonds is 3. The van der Waals surface area contributed by atoms with E-state index >= 15 is 0 Å². The summed E-state index contributed by atoms with van der Waals surface area (Å²) in [6.45, 7) is 9.46. The van der Waals surface area contributed by atoms with Crippen molar-refractivity contribution in [2.75, 3.05) is 19.0 Å². The van der Waals surface area contributed by atoms with E-state index in [1.54, 1.807) is 0 Å². The summed E-state index contributed by atoms with van der Waals surface area (Å²) in [6.07, 6.45) is 11.6. The largest absolute Gasteiger partial charge is 0.347 e. The molecule has 2 heterocycles. The highest BCUT2D eigenvalue weighted by molar-refractivity contribution is 6.30. The van der Waals surface area contributed by atoms with Crippen LogP contribution in [-0.4, -0.2) is 24.4 Å². The van der Waals surface area contributed by atoms with Crippen LogP contribution in [0.25, 0.3) is 21.5 Å². The number of benzene rings is 4. The van der Waals surface area contributed by atoms with E-state index in [1.165, 1.54) is 73.9 Å². The zero-order chi connectivity index (χ0) is 30.1. The molecule has 0 radical (unpaired) electrons. The number of nitrogens with zero attached hydrogens (tertiary/aromatic N) is 2. The molecular weight excluding hydrogens is 544 g/mol. The maximum Gasteiger partial charge on any atom is 0.210 e. The third-order valence-corrected chi connectivity index (χ3v) is 11.0. The fourth-order valence-corrected chi connectivity index (χ4v) is 8.57. The lowest BCUT2D eigenvalue weighted by molar-refractivity contribution is -0.401. The summed E-state index contributed by atoms with van der Waals surface area (Å²) in [4.78, 5) is 2.40. The van der Waals surface area contributed by atoms with Crippen molar-refractivity contribution in [1.82, 2.24) is 0 Å². The van der Waals surface area contributed by atoms with E-state index in [9.17, 15) is 0 Å². The Hall–Kier alpha value is -3.62. The second-order valence-electron chi connectivity index (χ2n) is 13.7. The minimum atomic E-state index is -0.106. The Kier molecular flexibility index (Phi) is 6.71. The number of fused-ring (bicyclic) bond motifs is 6. The highest BCUT2D eigenvalue weighted by Crippen LogP contribution is 2.51. The monoisotopic (exact) mass is 585 g/mol. The molecule has 3 aliphatic rings. The molecule has 0 spiro atoms. The van der Waals surface area contributed by atoms with Gasteiger partial charge in [-0.1, -0.05) is 98.6 Å². The Balaban J connectivity index is 1.25. The average molecular weight is 586 g/mol. The number of hydrogen-bond donors (Lipinski definition) is 0. The molecule has 4 aromatic rings. The van der Waals surface area contributed by atoms with Crippen LogP contribution < -0.4 is 4.90 Å². The molecule has 43 heavy (non-hydrogen) atoms. The molecule has 3 heteroatoms. The predicted molar refractivity (Wildman–Crippen MR) is 185 cm³/mol. The fraction of sp³-hybridized carbons (Fsp3) is 0.325. The highest BCUT2D eigenvalue weighted by atomic mass is 35.5. The van der Waals surface area contributed by atoms with Gasteiger partial charge >= 0.3 is 0 Å². The van der Waals surface area contributed by atoms with Gasteiger partial charge in [0.05, 0.1) is 5.41 Å². The first kappa shape index (κ1) is 28.2. The Bertz CT molecular complexity index is 1920. The van der Waals surface area contributed by atoms with Crippen LogP contribution >= 0.6 is 11.6 Å². The lowest BCUT2D eigenvalue weighted by Gasteiger charge is -2.27. The molecule has 0 aromatic heterocycles. The van der Waals surface area contributed by atoms with Gasteiger partial charge in [-0.05, 0) is 77.9 Å². The Morgan fingerprint density at radius 2 is 1.44 bits per heavy atom. The Morgan fingerprint density at radius 1 is 0.791 bits per heavy atom. The third-order valence-electron chi connectivity index (χ3n) is 10.4. The van der Waals surface area contributed by atoms with Crippen LogP contribution in [0.3, 0.4) is 0 Å². The maximum atomic E-state index is 7.38. The van der Waals surface area contributed by atoms with Gasteiger partial charge in [-0.15, -0.1) is 0 Å². The summed E-state index contributed by atoms with van der Waals surface area (Å²) < 4.78 is 2.38. The number of allylic oxidation sites excluding steroid dienone is 6. The van der Waals surface area contributed by atoms with Gasteiger partial charge in [-0.3, -0.25) is 0 Å². The van der Waals surface area contributed by atoms with Crippen molar-refractivity contribution in [1.29, 1.82) is 0 Å². The van der Waals surface area contributed by atoms with Gasteiger partial charge in [0.25, 0.3) is 0 Å². The molecule has 2 aliphatic heterocycles. The minimum absolute atomic E-state index is 0.105. The normalized spacial score (nSPS) is 22.3. The van der Waals surface area contributed by atoms with Crippen molar-refractivity contribution in [3.63, 3.8) is 0 Å². The van der Waals surface area contributed by atoms with Gasteiger partial charge in [0.1, 0.15) is 7.05 Å². The van der Waals surface area contributed by atoms with Gasteiger partial charge in [-0.25, -0.2) is 0 Å². The Labute approximate surface area is 261 Å². The molecule has 0 bridgehead atoms. The summed E-state index contributed by atoms with van der Waals surface area (Å²) in [5.41, 5.74) is 9.16. The van der Waals surface area contributed by atoms with Crippen molar-refractivity contribution in [2.45, 2.75) is 64.2 Å². The lowest BCUT2D eigenvalue weighted by atomic mass is 9.79. The van der Waals surface area contributed by atoms with Crippen LogP contribution in [0.5, 0.6) is 0 Å². The van der Waals surface area contributed by atoms with Gasteiger partial charge in [0.2, 0.25) is 5.69 Å². The van der Waals surface area contributed by atoms with Crippen LogP contribution in [0.4, 0.5) is 11.4 Å². The van der Waals surface area contributed by atoms with Crippen LogP contribution in [0.15, 0.2) is 107 Å². The molecule has 0 saturated carbocycles. The second kappa shape index (κ2) is 10.2. The Morgan fingerprint density at radius 3 is 2.16 bits per heavy atom. The molecule has 1 atom stereocenters. The molecule has 7 rings (SSSR count). The second-order valence-corrected chi connectivity index (χ2v) is 14.1. The van der Waals surface area contributed by atoms with E-state index < -0.39 is 0 Å². The fourth-order valence-electron chi connectivity index (χ4n) is 8.24. The molecule has 218 valence electrons. The SMILES string of the molecule is CN1/C(=C/C2CCCCC(/C=C/C3=[N+](C)c4ccc5ccccc5c4C3(C)C)=C2Cl)C(C)(C)c2c1ccc1ccccc21. The van der Waals surface area contributed by atoms with E-state index in [4.69, 9.17) is 11.6 Å². The van der Waals surface area contributed by atoms with Crippen LogP contribution in [0, 0.1) is 5.92 Å². The van der Waals surface area contributed by atoms with E-state index in [-0.39, 0.29) is 16.7 Å². The summed E-state index contributed by atoms with van der Waals surface area (Å²) >= 11 is 7.38. The zero-order valence-corrected chi connectivity index (χ0v) is 27.1. The molecule has 0 saturated heterocycles. The molecule has 1 unspecified atom stereocenters. The van der Waals surface area contributed by atoms with Crippen molar-refractivity contribution in [2.24, 2.45) is 5.92 Å². The van der Waals surface area contributed by atoms with Crippen molar-refractivity contribution in [3.05, 3.63) is 118 Å². The topological polar surface area (TPSA) is 6.25 Å². The minimum Gasteiger partial charge on any atom is -0.347 e. The molecule has 2 nitrogen and oxygen atoms in total. The average Bonchev–Trinajstić information content (AvgIpc) is 3.21. The first-order valence-electron chi connectivity index (χ1n) is 15.8. The quantitative estimate of drug-likeness (QED) is 0.217. The summed E-state index contributed by atoms with van der Waals surface area (Å²) in [6, 6.07) is 26.6. The van der Waals surface area contributed by atoms with Gasteiger partial charge < -0.3 is 4.90 Å². The summed E-state index contributed by atoms with van der Waals surface area (Å²) in [5.74, 6) is 0.210. The van der Waals surface area contributed by atoms with Crippen LogP contribution in [0.2, 0.25) is 0 Å². The molecule has 0 N–H and O–H groups in total. The van der Waals surface area contributed by atoms with E-state index in [1.807, 2.05) is 0 Å². The molecule has 0 amide bonds. The molecular formula is C40H42ClN2+. The molecule has 4 aromatic carbocycles. The maximum absolute atomic E-state index is 7.38. The van der Waals surface area contributed by atoms with Gasteiger partial charge in [-0.2, -0.15) is 4.58 Å². The van der Waals surface area contributed by atoms with Crippen molar-refractivity contribution >= 4 is 50.2 Å². The number of halogens is 1. The first-order chi connectivity index (χ1) is 20.6. The standard InChI is InChI=1S/C40H42ClN2/c1-39(2)34(42(5)32-22-19-26-13-9-11-17-30(26)36(32)39)24-21-28-15-7-8-16-29(38(28)41)25-35-40(3,4)37-31-18-12-10-14-27(31)20-23-33(37)43(35)6/h9-14,17-25,29H,7-8,15-16H2,1-6H3/q+1/b24-21+,35-25+. The summed E-state index contributed by atoms with van der Waals surface area (Å²) in [5, 5.41) is 6.30. The van der Waals surface area contributed by atoms with E-state index in [0.29, 0.717) is 0 Å². The van der Waals surface area contributed by atoms with Crippen LogP contribution in [-0.2, 0) is 10.8 Å². The van der Waals surface area contributed by atoms with E-state index in [2.05, 4.69) is 142 Å². The summed E-state index contributed by atoms with van der Waals surface area (Å²) in [7, 11) is 4.43. The van der Waals surface area contributed by atoms with Gasteiger partial charge in [0.15, 0.2) is 5.71 Å². The predicted octanol–water partition coefficient (Wildman–Crippen LogP) is 10.5. The third kappa shape index (κ3) is 4.32.